The molecule has 3 atom stereocenters. The van der Waals surface area contributed by atoms with Crippen molar-refractivity contribution >= 4 is 63.7 Å². The summed E-state index contributed by atoms with van der Waals surface area (Å²) in [6, 6.07) is 21.8. The van der Waals surface area contributed by atoms with Crippen LogP contribution in [-0.2, 0) is 0 Å². The van der Waals surface area contributed by atoms with Crippen LogP contribution in [0.2, 0.25) is 10.0 Å². The van der Waals surface area contributed by atoms with Crippen molar-refractivity contribution in [2.75, 3.05) is 4.90 Å². The standard InChI is InChI=1S/C31H19Cl2NO3S/c32-18-12-13-21(22(33)16-18)26-27(28(35)24-10-5-15-38-24)34-23-9-4-1-6-17(23)11-14-25(34)31(26)29(36)19-7-2-3-8-20(19)30(31)37/h1-16,25-27H/t25?,26-,27+/m0/s1. The summed E-state index contributed by atoms with van der Waals surface area (Å²) >= 11 is 14.4. The molecule has 1 aliphatic carbocycles. The Balaban J connectivity index is 1.58. The SMILES string of the molecule is O=C(c1cccs1)[C@H]1[C@H](c2ccc(Cl)cc2Cl)C2(C(=O)c3ccccc3C2=O)C2C=Cc3ccccc3N21. The number of hydrogen-bond donors (Lipinski definition) is 0. The van der Waals surface area contributed by atoms with Crippen LogP contribution in [0, 0.1) is 5.41 Å². The monoisotopic (exact) mass is 555 g/mol. The van der Waals surface area contributed by atoms with Crippen LogP contribution in [0.25, 0.3) is 6.08 Å². The van der Waals surface area contributed by atoms with Gasteiger partial charge in [0.05, 0.1) is 10.9 Å². The van der Waals surface area contributed by atoms with E-state index < -0.39 is 23.4 Å². The Labute approximate surface area is 233 Å². The van der Waals surface area contributed by atoms with Crippen molar-refractivity contribution in [1.82, 2.24) is 0 Å². The summed E-state index contributed by atoms with van der Waals surface area (Å²) in [6.45, 7) is 0. The molecule has 0 saturated carbocycles. The third kappa shape index (κ3) is 3.01. The zero-order chi connectivity index (χ0) is 26.2. The lowest BCUT2D eigenvalue weighted by molar-refractivity contribution is 0.0666. The van der Waals surface area contributed by atoms with Crippen LogP contribution < -0.4 is 4.90 Å². The van der Waals surface area contributed by atoms with E-state index in [1.165, 1.54) is 11.3 Å². The molecule has 1 aromatic heterocycles. The van der Waals surface area contributed by atoms with E-state index in [2.05, 4.69) is 0 Å². The smallest absolute Gasteiger partial charge is 0.195 e. The number of carbonyl (C=O) groups excluding carboxylic acids is 3. The Morgan fingerprint density at radius 2 is 1.58 bits per heavy atom. The fourth-order valence-corrected chi connectivity index (χ4v) is 7.80. The van der Waals surface area contributed by atoms with Gasteiger partial charge in [-0.15, -0.1) is 11.3 Å². The maximum Gasteiger partial charge on any atom is 0.195 e. The van der Waals surface area contributed by atoms with E-state index >= 15 is 0 Å². The minimum atomic E-state index is -1.58. The number of thiophene rings is 1. The summed E-state index contributed by atoms with van der Waals surface area (Å²) < 4.78 is 0. The van der Waals surface area contributed by atoms with Crippen molar-refractivity contribution in [3.8, 4) is 0 Å². The molecule has 3 aromatic carbocycles. The Hall–Kier alpha value is -3.51. The second-order valence-corrected chi connectivity index (χ2v) is 11.6. The highest BCUT2D eigenvalue weighted by Gasteiger charge is 2.71. The molecule has 2 aliphatic heterocycles. The summed E-state index contributed by atoms with van der Waals surface area (Å²) in [5, 5.41) is 2.60. The van der Waals surface area contributed by atoms with Gasteiger partial charge in [-0.1, -0.05) is 90.0 Å². The number of ketones is 3. The van der Waals surface area contributed by atoms with Crippen LogP contribution in [0.3, 0.4) is 0 Å². The number of benzene rings is 3. The predicted molar refractivity (Wildman–Crippen MR) is 151 cm³/mol. The molecule has 7 rings (SSSR count). The number of halogens is 2. The van der Waals surface area contributed by atoms with Crippen molar-refractivity contribution in [2.45, 2.75) is 18.0 Å². The minimum absolute atomic E-state index is 0.153. The molecule has 0 amide bonds. The van der Waals surface area contributed by atoms with E-state index in [1.54, 1.807) is 48.5 Å². The Kier molecular flexibility index (Phi) is 5.28. The minimum Gasteiger partial charge on any atom is -0.352 e. The fourth-order valence-electron chi connectivity index (χ4n) is 6.58. The van der Waals surface area contributed by atoms with Crippen LogP contribution in [0.15, 0.2) is 90.3 Å². The molecule has 4 nitrogen and oxygen atoms in total. The third-order valence-electron chi connectivity index (χ3n) is 8.04. The van der Waals surface area contributed by atoms with Crippen LogP contribution >= 0.6 is 34.5 Å². The highest BCUT2D eigenvalue weighted by atomic mass is 35.5. The van der Waals surface area contributed by atoms with E-state index in [-0.39, 0.29) is 17.3 Å². The van der Waals surface area contributed by atoms with Gasteiger partial charge in [-0.3, -0.25) is 14.4 Å². The van der Waals surface area contributed by atoms with Crippen molar-refractivity contribution in [1.29, 1.82) is 0 Å². The zero-order valence-corrected chi connectivity index (χ0v) is 22.1. The lowest BCUT2D eigenvalue weighted by Gasteiger charge is -2.37. The first-order valence-corrected chi connectivity index (χ1v) is 13.8. The molecular formula is C31H19Cl2NO3S. The summed E-state index contributed by atoms with van der Waals surface area (Å²) in [5.41, 5.74) is 1.45. The average Bonchev–Trinajstić information content (AvgIpc) is 3.62. The van der Waals surface area contributed by atoms with Crippen molar-refractivity contribution in [2.24, 2.45) is 5.41 Å². The summed E-state index contributed by atoms with van der Waals surface area (Å²) in [4.78, 5) is 46.1. The maximum atomic E-state index is 14.6. The summed E-state index contributed by atoms with van der Waals surface area (Å²) in [6.07, 6.45) is 3.85. The van der Waals surface area contributed by atoms with E-state index in [0.717, 1.165) is 11.3 Å². The molecule has 1 spiro atoms. The highest BCUT2D eigenvalue weighted by molar-refractivity contribution is 7.12. The highest BCUT2D eigenvalue weighted by Crippen LogP contribution is 2.61. The third-order valence-corrected chi connectivity index (χ3v) is 9.49. The van der Waals surface area contributed by atoms with Crippen molar-refractivity contribution < 1.29 is 14.4 Å². The molecule has 38 heavy (non-hydrogen) atoms. The molecule has 1 fully saturated rings. The largest absolute Gasteiger partial charge is 0.352 e. The number of fused-ring (bicyclic) bond motifs is 5. The topological polar surface area (TPSA) is 54.5 Å². The van der Waals surface area contributed by atoms with Gasteiger partial charge in [-0.05, 0) is 40.8 Å². The number of anilines is 1. The number of carbonyl (C=O) groups is 3. The van der Waals surface area contributed by atoms with Gasteiger partial charge < -0.3 is 4.90 Å². The normalized spacial score (nSPS) is 22.5. The molecule has 7 heteroatoms. The van der Waals surface area contributed by atoms with E-state index in [9.17, 15) is 14.4 Å². The van der Waals surface area contributed by atoms with Gasteiger partial charge in [0, 0.05) is 32.8 Å². The first kappa shape index (κ1) is 23.6. The van der Waals surface area contributed by atoms with E-state index in [1.807, 2.05) is 52.8 Å². The molecule has 186 valence electrons. The molecule has 3 aliphatic rings. The van der Waals surface area contributed by atoms with Gasteiger partial charge >= 0.3 is 0 Å². The first-order valence-electron chi connectivity index (χ1n) is 12.2. The first-order chi connectivity index (χ1) is 18.4. The number of nitrogens with zero attached hydrogens (tertiary/aromatic N) is 1. The van der Waals surface area contributed by atoms with Gasteiger partial charge in [-0.25, -0.2) is 0 Å². The van der Waals surface area contributed by atoms with Crippen LogP contribution in [0.5, 0.6) is 0 Å². The number of rotatable bonds is 3. The lowest BCUT2D eigenvalue weighted by Crippen LogP contribution is -2.48. The number of para-hydroxylation sites is 1. The second kappa shape index (κ2) is 8.50. The lowest BCUT2D eigenvalue weighted by atomic mass is 9.64. The quantitative estimate of drug-likeness (QED) is 0.195. The Morgan fingerprint density at radius 3 is 2.26 bits per heavy atom. The van der Waals surface area contributed by atoms with Gasteiger partial charge in [0.15, 0.2) is 17.3 Å². The predicted octanol–water partition coefficient (Wildman–Crippen LogP) is 7.37. The summed E-state index contributed by atoms with van der Waals surface area (Å²) in [5.74, 6) is -1.57. The summed E-state index contributed by atoms with van der Waals surface area (Å²) in [7, 11) is 0. The van der Waals surface area contributed by atoms with Gasteiger partial charge in [-0.2, -0.15) is 0 Å². The molecule has 4 aromatic rings. The van der Waals surface area contributed by atoms with Gasteiger partial charge in [0.1, 0.15) is 11.5 Å². The van der Waals surface area contributed by atoms with E-state index in [0.29, 0.717) is 31.6 Å². The Bertz CT molecular complexity index is 1660. The molecular weight excluding hydrogens is 537 g/mol. The molecule has 0 N–H and O–H groups in total. The molecule has 0 bridgehead atoms. The van der Waals surface area contributed by atoms with Gasteiger partial charge in [0.2, 0.25) is 0 Å². The molecule has 1 unspecified atom stereocenters. The number of hydrogen-bond acceptors (Lipinski definition) is 5. The van der Waals surface area contributed by atoms with Crippen molar-refractivity contribution in [3.63, 3.8) is 0 Å². The fraction of sp³-hybridized carbons (Fsp3) is 0.129. The Morgan fingerprint density at radius 1 is 0.868 bits per heavy atom. The van der Waals surface area contributed by atoms with E-state index in [4.69, 9.17) is 23.2 Å². The van der Waals surface area contributed by atoms with Gasteiger partial charge in [0.25, 0.3) is 0 Å². The molecule has 1 saturated heterocycles. The zero-order valence-electron chi connectivity index (χ0n) is 19.8. The van der Waals surface area contributed by atoms with Crippen molar-refractivity contribution in [3.05, 3.63) is 127 Å². The molecule has 3 heterocycles. The van der Waals surface area contributed by atoms with Crippen LogP contribution in [-0.4, -0.2) is 29.4 Å². The molecule has 0 radical (unpaired) electrons. The second-order valence-electron chi connectivity index (χ2n) is 9.77. The number of Topliss-reactive ketones (excluding diaryl/α,β-unsaturated/α-hetero) is 3. The van der Waals surface area contributed by atoms with Crippen LogP contribution in [0.4, 0.5) is 5.69 Å². The maximum absolute atomic E-state index is 14.6. The van der Waals surface area contributed by atoms with Crippen LogP contribution in [0.1, 0.15) is 47.4 Å². The average molecular weight is 556 g/mol.